The van der Waals surface area contributed by atoms with Gasteiger partial charge in [0.15, 0.2) is 0 Å². The van der Waals surface area contributed by atoms with Crippen molar-refractivity contribution in [2.24, 2.45) is 18.9 Å². The summed E-state index contributed by atoms with van der Waals surface area (Å²) in [6.07, 6.45) is 10.2. The Morgan fingerprint density at radius 1 is 1.03 bits per heavy atom. The van der Waals surface area contributed by atoms with Crippen LogP contribution in [-0.4, -0.2) is 38.2 Å². The van der Waals surface area contributed by atoms with Crippen LogP contribution in [0.4, 0.5) is 0 Å². The molecular weight excluding hydrogens is 388 g/mol. The lowest BCUT2D eigenvalue weighted by Gasteiger charge is -2.36. The summed E-state index contributed by atoms with van der Waals surface area (Å²) in [6.45, 7) is 3.78. The van der Waals surface area contributed by atoms with Crippen molar-refractivity contribution in [2.45, 2.75) is 70.6 Å². The second-order valence-corrected chi connectivity index (χ2v) is 9.39. The summed E-state index contributed by atoms with van der Waals surface area (Å²) in [6, 6.07) is 9.73. The number of para-hydroxylation sites is 1. The molecule has 1 aliphatic carbocycles. The maximum atomic E-state index is 13.1. The third-order valence-corrected chi connectivity index (χ3v) is 7.30. The Balaban J connectivity index is 1.37. The number of hydrogen-bond acceptors (Lipinski definition) is 3. The number of carbonyl (C=O) groups is 1. The van der Waals surface area contributed by atoms with Crippen LogP contribution < -0.4 is 5.69 Å². The van der Waals surface area contributed by atoms with Crippen LogP contribution in [0.2, 0.25) is 0 Å². The van der Waals surface area contributed by atoms with E-state index in [1.807, 2.05) is 30.3 Å². The molecule has 1 saturated carbocycles. The SMILES string of the molecule is CCCCC1CCC(C(=O)N2CCC(c3nn(C)c(=O)n3-c3ccccc3)CC2)CC1. The summed E-state index contributed by atoms with van der Waals surface area (Å²) >= 11 is 0. The summed E-state index contributed by atoms with van der Waals surface area (Å²) in [5.41, 5.74) is 0.744. The lowest BCUT2D eigenvalue weighted by atomic mass is 9.79. The molecule has 6 heteroatoms. The van der Waals surface area contributed by atoms with E-state index in [2.05, 4.69) is 16.9 Å². The number of amides is 1. The van der Waals surface area contributed by atoms with E-state index in [-0.39, 0.29) is 17.5 Å². The predicted octanol–water partition coefficient (Wildman–Crippen LogP) is 4.27. The smallest absolute Gasteiger partial charge is 0.342 e. The Morgan fingerprint density at radius 2 is 1.71 bits per heavy atom. The van der Waals surface area contributed by atoms with Gasteiger partial charge in [-0.2, -0.15) is 5.10 Å². The Hall–Kier alpha value is -2.37. The largest absolute Gasteiger partial charge is 0.350 e. The standard InChI is InChI=1S/C25H36N4O2/c1-3-4-8-19-11-13-21(14-12-19)24(30)28-17-15-20(16-18-28)23-26-27(2)25(31)29(23)22-9-6-5-7-10-22/h5-7,9-10,19-21H,3-4,8,11-18H2,1-2H3. The minimum Gasteiger partial charge on any atom is -0.342 e. The number of likely N-dealkylation sites (tertiary alicyclic amines) is 1. The molecule has 0 radical (unpaired) electrons. The zero-order chi connectivity index (χ0) is 21.8. The van der Waals surface area contributed by atoms with Gasteiger partial charge in [-0.3, -0.25) is 4.79 Å². The minimum absolute atomic E-state index is 0.112. The fourth-order valence-corrected chi connectivity index (χ4v) is 5.38. The van der Waals surface area contributed by atoms with Gasteiger partial charge in [-0.1, -0.05) is 44.4 Å². The molecular formula is C25H36N4O2. The molecule has 2 aliphatic rings. The van der Waals surface area contributed by atoms with Gasteiger partial charge in [-0.15, -0.1) is 0 Å². The molecule has 168 valence electrons. The first-order valence-corrected chi connectivity index (χ1v) is 12.1. The summed E-state index contributed by atoms with van der Waals surface area (Å²) in [5, 5.41) is 4.57. The highest BCUT2D eigenvalue weighted by atomic mass is 16.2. The van der Waals surface area contributed by atoms with Crippen molar-refractivity contribution >= 4 is 5.91 Å². The number of aromatic nitrogens is 3. The number of unbranched alkanes of at least 4 members (excludes halogenated alkanes) is 1. The highest BCUT2D eigenvalue weighted by Gasteiger charge is 2.33. The Morgan fingerprint density at radius 3 is 2.35 bits per heavy atom. The first-order chi connectivity index (χ1) is 15.1. The average Bonchev–Trinajstić information content (AvgIpc) is 3.12. The molecule has 1 amide bonds. The lowest BCUT2D eigenvalue weighted by Crippen LogP contribution is -2.42. The van der Waals surface area contributed by atoms with E-state index in [1.54, 1.807) is 11.6 Å². The van der Waals surface area contributed by atoms with Gasteiger partial charge in [0.25, 0.3) is 0 Å². The Kier molecular flexibility index (Phi) is 6.93. The van der Waals surface area contributed by atoms with Gasteiger partial charge in [0.2, 0.25) is 5.91 Å². The van der Waals surface area contributed by atoms with Crippen LogP contribution in [0.5, 0.6) is 0 Å². The molecule has 6 nitrogen and oxygen atoms in total. The molecule has 0 bridgehead atoms. The van der Waals surface area contributed by atoms with Crippen LogP contribution in [0, 0.1) is 11.8 Å². The molecule has 2 heterocycles. The highest BCUT2D eigenvalue weighted by molar-refractivity contribution is 5.79. The second-order valence-electron chi connectivity index (χ2n) is 9.39. The summed E-state index contributed by atoms with van der Waals surface area (Å²) in [5.74, 6) is 2.42. The van der Waals surface area contributed by atoms with Gasteiger partial charge < -0.3 is 4.90 Å². The van der Waals surface area contributed by atoms with E-state index in [0.29, 0.717) is 5.91 Å². The van der Waals surface area contributed by atoms with Gasteiger partial charge in [0, 0.05) is 32.0 Å². The first-order valence-electron chi connectivity index (χ1n) is 12.1. The summed E-state index contributed by atoms with van der Waals surface area (Å²) < 4.78 is 3.16. The predicted molar refractivity (Wildman–Crippen MR) is 122 cm³/mol. The molecule has 1 aromatic heterocycles. The molecule has 0 unspecified atom stereocenters. The first kappa shape index (κ1) is 21.8. The number of carbonyl (C=O) groups excluding carboxylic acids is 1. The third-order valence-electron chi connectivity index (χ3n) is 7.30. The molecule has 0 N–H and O–H groups in total. The maximum absolute atomic E-state index is 13.1. The van der Waals surface area contributed by atoms with Crippen molar-refractivity contribution < 1.29 is 4.79 Å². The maximum Gasteiger partial charge on any atom is 0.350 e. The van der Waals surface area contributed by atoms with Crippen molar-refractivity contribution in [3.63, 3.8) is 0 Å². The van der Waals surface area contributed by atoms with Gasteiger partial charge >= 0.3 is 5.69 Å². The number of piperidine rings is 1. The number of hydrogen-bond donors (Lipinski definition) is 0. The van der Waals surface area contributed by atoms with Crippen molar-refractivity contribution in [1.29, 1.82) is 0 Å². The van der Waals surface area contributed by atoms with E-state index >= 15 is 0 Å². The molecule has 1 saturated heterocycles. The third kappa shape index (κ3) is 4.78. The van der Waals surface area contributed by atoms with Crippen LogP contribution in [0.25, 0.3) is 5.69 Å². The van der Waals surface area contributed by atoms with E-state index in [0.717, 1.165) is 56.2 Å². The molecule has 0 atom stereocenters. The van der Waals surface area contributed by atoms with Crippen molar-refractivity contribution in [2.75, 3.05) is 13.1 Å². The second kappa shape index (κ2) is 9.84. The fourth-order valence-electron chi connectivity index (χ4n) is 5.38. The number of aryl methyl sites for hydroxylation is 1. The van der Waals surface area contributed by atoms with Crippen LogP contribution in [0.1, 0.15) is 76.5 Å². The molecule has 1 aromatic carbocycles. The normalized spacial score (nSPS) is 22.6. The molecule has 1 aliphatic heterocycles. The number of rotatable bonds is 6. The number of benzene rings is 1. The van der Waals surface area contributed by atoms with E-state index < -0.39 is 0 Å². The molecule has 4 rings (SSSR count). The molecule has 2 aromatic rings. The molecule has 2 fully saturated rings. The summed E-state index contributed by atoms with van der Waals surface area (Å²) in [7, 11) is 1.71. The Labute approximate surface area is 185 Å². The quantitative estimate of drug-likeness (QED) is 0.696. The average molecular weight is 425 g/mol. The monoisotopic (exact) mass is 424 g/mol. The fraction of sp³-hybridized carbons (Fsp3) is 0.640. The van der Waals surface area contributed by atoms with Crippen LogP contribution in [0.3, 0.4) is 0 Å². The van der Waals surface area contributed by atoms with Crippen LogP contribution >= 0.6 is 0 Å². The van der Waals surface area contributed by atoms with Gasteiger partial charge in [0.05, 0.1) is 5.69 Å². The minimum atomic E-state index is -0.112. The van der Waals surface area contributed by atoms with Gasteiger partial charge in [0.1, 0.15) is 5.82 Å². The van der Waals surface area contributed by atoms with E-state index in [4.69, 9.17) is 0 Å². The van der Waals surface area contributed by atoms with Crippen molar-refractivity contribution in [1.82, 2.24) is 19.2 Å². The van der Waals surface area contributed by atoms with Gasteiger partial charge in [-0.25, -0.2) is 14.0 Å². The van der Waals surface area contributed by atoms with Crippen molar-refractivity contribution in [3.05, 3.63) is 46.6 Å². The van der Waals surface area contributed by atoms with Crippen molar-refractivity contribution in [3.8, 4) is 5.69 Å². The lowest BCUT2D eigenvalue weighted by molar-refractivity contribution is -0.138. The zero-order valence-electron chi connectivity index (χ0n) is 19.0. The highest BCUT2D eigenvalue weighted by Crippen LogP contribution is 2.34. The summed E-state index contributed by atoms with van der Waals surface area (Å²) in [4.78, 5) is 27.9. The molecule has 31 heavy (non-hydrogen) atoms. The topological polar surface area (TPSA) is 60.1 Å². The Bertz CT molecular complexity index is 917. The number of nitrogens with zero attached hydrogens (tertiary/aromatic N) is 4. The van der Waals surface area contributed by atoms with E-state index in [9.17, 15) is 9.59 Å². The zero-order valence-corrected chi connectivity index (χ0v) is 19.0. The molecule has 0 spiro atoms. The van der Waals surface area contributed by atoms with Crippen LogP contribution in [0.15, 0.2) is 35.1 Å². The van der Waals surface area contributed by atoms with Crippen LogP contribution in [-0.2, 0) is 11.8 Å². The van der Waals surface area contributed by atoms with E-state index in [1.165, 1.54) is 36.8 Å². The van der Waals surface area contributed by atoms with Gasteiger partial charge in [-0.05, 0) is 56.6 Å².